The third-order valence-corrected chi connectivity index (χ3v) is 4.23. The van der Waals surface area contributed by atoms with E-state index in [1.54, 1.807) is 36.4 Å². The maximum atomic E-state index is 13.3. The molecule has 0 atom stereocenters. The Labute approximate surface area is 177 Å². The second kappa shape index (κ2) is 9.85. The predicted molar refractivity (Wildman–Crippen MR) is 113 cm³/mol. The molecule has 3 aromatic carbocycles. The number of aromatic carboxylic acids is 1. The molecule has 154 valence electrons. The highest BCUT2D eigenvalue weighted by Gasteiger charge is 2.13. The molecular formula is C24H17FN2O4. The predicted octanol–water partition coefficient (Wildman–Crippen LogP) is 4.65. The van der Waals surface area contributed by atoms with E-state index in [0.29, 0.717) is 16.9 Å². The van der Waals surface area contributed by atoms with Crippen LogP contribution in [0.25, 0.3) is 6.08 Å². The van der Waals surface area contributed by atoms with E-state index in [1.165, 1.54) is 42.5 Å². The number of benzene rings is 3. The summed E-state index contributed by atoms with van der Waals surface area (Å²) in [5, 5.41) is 21.0. The van der Waals surface area contributed by atoms with E-state index in [2.05, 4.69) is 5.32 Å². The van der Waals surface area contributed by atoms with Crippen molar-refractivity contribution in [1.29, 1.82) is 5.26 Å². The number of hydrogen-bond donors (Lipinski definition) is 2. The van der Waals surface area contributed by atoms with Crippen molar-refractivity contribution in [3.63, 3.8) is 0 Å². The van der Waals surface area contributed by atoms with Crippen molar-refractivity contribution in [2.24, 2.45) is 0 Å². The largest absolute Gasteiger partial charge is 0.488 e. The van der Waals surface area contributed by atoms with Crippen molar-refractivity contribution < 1.29 is 23.8 Å². The zero-order valence-corrected chi connectivity index (χ0v) is 16.2. The summed E-state index contributed by atoms with van der Waals surface area (Å²) in [4.78, 5) is 23.6. The van der Waals surface area contributed by atoms with Gasteiger partial charge in [0.25, 0.3) is 5.91 Å². The molecule has 6 nitrogen and oxygen atoms in total. The Morgan fingerprint density at radius 2 is 1.84 bits per heavy atom. The first kappa shape index (κ1) is 21.3. The molecule has 0 aliphatic carbocycles. The van der Waals surface area contributed by atoms with E-state index in [9.17, 15) is 19.2 Å². The number of nitrogens with zero attached hydrogens (tertiary/aromatic N) is 1. The number of anilines is 1. The van der Waals surface area contributed by atoms with Crippen LogP contribution in [0.2, 0.25) is 0 Å². The zero-order chi connectivity index (χ0) is 22.2. The average molecular weight is 416 g/mol. The van der Waals surface area contributed by atoms with Gasteiger partial charge in [-0.3, -0.25) is 4.79 Å². The molecule has 0 aliphatic heterocycles. The minimum atomic E-state index is -1.13. The van der Waals surface area contributed by atoms with Crippen molar-refractivity contribution in [2.45, 2.75) is 6.61 Å². The Bertz CT molecular complexity index is 1200. The number of ether oxygens (including phenoxy) is 1. The van der Waals surface area contributed by atoms with Crippen molar-refractivity contribution in [3.05, 3.63) is 101 Å². The van der Waals surface area contributed by atoms with Crippen molar-refractivity contribution in [1.82, 2.24) is 0 Å². The number of carbonyl (C=O) groups is 2. The summed E-state index contributed by atoms with van der Waals surface area (Å²) in [6.45, 7) is 0.110. The molecule has 0 saturated carbocycles. The first-order valence-electron chi connectivity index (χ1n) is 9.19. The number of para-hydroxylation sites is 1. The number of halogens is 1. The molecule has 0 saturated heterocycles. The van der Waals surface area contributed by atoms with Gasteiger partial charge in [0.15, 0.2) is 0 Å². The van der Waals surface area contributed by atoms with Gasteiger partial charge < -0.3 is 15.2 Å². The van der Waals surface area contributed by atoms with Crippen LogP contribution < -0.4 is 10.1 Å². The second-order valence-corrected chi connectivity index (χ2v) is 6.47. The lowest BCUT2D eigenvalue weighted by Gasteiger charge is -2.10. The number of nitriles is 1. The van der Waals surface area contributed by atoms with Crippen LogP contribution in [0.4, 0.5) is 10.1 Å². The number of carbonyl (C=O) groups excluding carboxylic acids is 1. The quantitative estimate of drug-likeness (QED) is 0.431. The lowest BCUT2D eigenvalue weighted by molar-refractivity contribution is -0.112. The summed E-state index contributed by atoms with van der Waals surface area (Å²) < 4.78 is 19.1. The summed E-state index contributed by atoms with van der Waals surface area (Å²) in [5.74, 6) is -1.77. The van der Waals surface area contributed by atoms with E-state index in [0.717, 1.165) is 0 Å². The fraction of sp³-hybridized carbons (Fsp3) is 0.0417. The van der Waals surface area contributed by atoms with Gasteiger partial charge in [-0.2, -0.15) is 5.26 Å². The van der Waals surface area contributed by atoms with Crippen LogP contribution in [0.1, 0.15) is 21.5 Å². The van der Waals surface area contributed by atoms with Gasteiger partial charge in [0.1, 0.15) is 29.8 Å². The molecule has 0 spiro atoms. The molecule has 7 heteroatoms. The molecule has 0 aromatic heterocycles. The van der Waals surface area contributed by atoms with E-state index in [-0.39, 0.29) is 29.2 Å². The number of amides is 1. The SMILES string of the molecule is N#C/C(=C/c1ccccc1OCc1cccc(F)c1)C(=O)Nc1cccc(C(=O)O)c1. The highest BCUT2D eigenvalue weighted by atomic mass is 19.1. The molecule has 31 heavy (non-hydrogen) atoms. The van der Waals surface area contributed by atoms with Gasteiger partial charge in [-0.05, 0) is 48.0 Å². The highest BCUT2D eigenvalue weighted by molar-refractivity contribution is 6.10. The van der Waals surface area contributed by atoms with Gasteiger partial charge in [0.05, 0.1) is 5.56 Å². The van der Waals surface area contributed by atoms with E-state index >= 15 is 0 Å². The van der Waals surface area contributed by atoms with Crippen LogP contribution >= 0.6 is 0 Å². The van der Waals surface area contributed by atoms with Crippen LogP contribution in [0, 0.1) is 17.1 Å². The summed E-state index contributed by atoms with van der Waals surface area (Å²) in [6, 6.07) is 20.4. The lowest BCUT2D eigenvalue weighted by Crippen LogP contribution is -2.14. The van der Waals surface area contributed by atoms with Crippen molar-refractivity contribution >= 4 is 23.6 Å². The van der Waals surface area contributed by atoms with E-state index in [4.69, 9.17) is 9.84 Å². The van der Waals surface area contributed by atoms with Gasteiger partial charge in [-0.25, -0.2) is 9.18 Å². The van der Waals surface area contributed by atoms with Crippen molar-refractivity contribution in [2.75, 3.05) is 5.32 Å². The monoisotopic (exact) mass is 416 g/mol. The normalized spacial score (nSPS) is 10.8. The Morgan fingerprint density at radius 3 is 2.58 bits per heavy atom. The third-order valence-electron chi connectivity index (χ3n) is 4.23. The molecule has 0 bridgehead atoms. The first-order valence-corrected chi connectivity index (χ1v) is 9.19. The number of rotatable bonds is 7. The number of nitrogens with one attached hydrogen (secondary N) is 1. The second-order valence-electron chi connectivity index (χ2n) is 6.47. The standard InChI is InChI=1S/C24H17FN2O4/c25-20-8-3-5-16(11-20)15-31-22-10-2-1-6-17(22)12-19(14-26)23(28)27-21-9-4-7-18(13-21)24(29)30/h1-13H,15H2,(H,27,28)(H,29,30)/b19-12-. The molecule has 0 unspecified atom stereocenters. The molecule has 3 aromatic rings. The first-order chi connectivity index (χ1) is 15.0. The van der Waals surface area contributed by atoms with Gasteiger partial charge >= 0.3 is 5.97 Å². The topological polar surface area (TPSA) is 99.4 Å². The average Bonchev–Trinajstić information content (AvgIpc) is 2.76. The van der Waals surface area contributed by atoms with Gasteiger partial charge in [-0.1, -0.05) is 36.4 Å². The lowest BCUT2D eigenvalue weighted by atomic mass is 10.1. The molecule has 0 heterocycles. The summed E-state index contributed by atoms with van der Waals surface area (Å²) in [6.07, 6.45) is 1.37. The molecule has 1 amide bonds. The van der Waals surface area contributed by atoms with Gasteiger partial charge in [0, 0.05) is 11.3 Å². The molecule has 0 radical (unpaired) electrons. The zero-order valence-electron chi connectivity index (χ0n) is 16.2. The van der Waals surface area contributed by atoms with Crippen LogP contribution in [-0.2, 0) is 11.4 Å². The number of carboxylic acids is 1. The molecule has 0 aliphatic rings. The van der Waals surface area contributed by atoms with E-state index < -0.39 is 11.9 Å². The van der Waals surface area contributed by atoms with Crippen LogP contribution in [0.5, 0.6) is 5.75 Å². The van der Waals surface area contributed by atoms with Crippen LogP contribution in [-0.4, -0.2) is 17.0 Å². The summed E-state index contributed by atoms with van der Waals surface area (Å²) in [7, 11) is 0. The maximum absolute atomic E-state index is 13.3. The van der Waals surface area contributed by atoms with Crippen molar-refractivity contribution in [3.8, 4) is 11.8 Å². The Morgan fingerprint density at radius 1 is 1.06 bits per heavy atom. The van der Waals surface area contributed by atoms with Gasteiger partial charge in [-0.15, -0.1) is 0 Å². The van der Waals surface area contributed by atoms with Gasteiger partial charge in [0.2, 0.25) is 0 Å². The fourth-order valence-corrected chi connectivity index (χ4v) is 2.75. The number of carboxylic acid groups (broad SMARTS) is 1. The smallest absolute Gasteiger partial charge is 0.335 e. The molecule has 0 fully saturated rings. The molecular weight excluding hydrogens is 399 g/mol. The maximum Gasteiger partial charge on any atom is 0.335 e. The molecule has 2 N–H and O–H groups in total. The summed E-state index contributed by atoms with van der Waals surface area (Å²) in [5.41, 5.74) is 1.20. The fourth-order valence-electron chi connectivity index (χ4n) is 2.75. The third kappa shape index (κ3) is 5.78. The number of hydrogen-bond acceptors (Lipinski definition) is 4. The summed E-state index contributed by atoms with van der Waals surface area (Å²) >= 11 is 0. The Balaban J connectivity index is 1.79. The highest BCUT2D eigenvalue weighted by Crippen LogP contribution is 2.23. The Hall–Kier alpha value is -4.44. The molecule has 3 rings (SSSR count). The minimum Gasteiger partial charge on any atom is -0.488 e. The Kier molecular flexibility index (Phi) is 6.76. The van der Waals surface area contributed by atoms with Crippen LogP contribution in [0.15, 0.2) is 78.4 Å². The van der Waals surface area contributed by atoms with E-state index in [1.807, 2.05) is 6.07 Å². The minimum absolute atomic E-state index is 0.0105. The van der Waals surface area contributed by atoms with Crippen LogP contribution in [0.3, 0.4) is 0 Å².